The number of carboxylic acids is 1. The molecule has 2 atom stereocenters. The van der Waals surface area contributed by atoms with E-state index < -0.39 is 23.6 Å². The van der Waals surface area contributed by atoms with Crippen LogP contribution in [0.25, 0.3) is 0 Å². The molecule has 1 aliphatic rings. The number of carbonyl (C=O) groups is 2. The average Bonchev–Trinajstić information content (AvgIpc) is 2.78. The van der Waals surface area contributed by atoms with Gasteiger partial charge in [0.1, 0.15) is 0 Å². The van der Waals surface area contributed by atoms with Crippen LogP contribution in [0.5, 0.6) is 0 Å². The van der Waals surface area contributed by atoms with Gasteiger partial charge in [-0.25, -0.2) is 4.79 Å². The summed E-state index contributed by atoms with van der Waals surface area (Å²) < 4.78 is 5.19. The molecule has 1 heterocycles. The number of ether oxygens (including phenoxy) is 1. The molecule has 112 valence electrons. The number of benzene rings is 2. The van der Waals surface area contributed by atoms with Crippen LogP contribution in [-0.4, -0.2) is 22.2 Å². The maximum absolute atomic E-state index is 12.0. The van der Waals surface area contributed by atoms with Crippen LogP contribution in [0.2, 0.25) is 0 Å². The standard InChI is InChI=1S/C17H14O5/c18-15(19)10-14(11-6-2-1-3-7-11)17(21)13-9-5-4-8-12(13)16(20)22-17/h1-9,14,21H,10H2,(H,18,19)/t14-,17+/m1/s1. The fraction of sp³-hybridized carbons (Fsp3) is 0.176. The van der Waals surface area contributed by atoms with Crippen LogP contribution in [0.15, 0.2) is 54.6 Å². The van der Waals surface area contributed by atoms with Crippen molar-refractivity contribution in [1.29, 1.82) is 0 Å². The van der Waals surface area contributed by atoms with Crippen molar-refractivity contribution in [1.82, 2.24) is 0 Å². The summed E-state index contributed by atoms with van der Waals surface area (Å²) in [6.07, 6.45) is -0.359. The highest BCUT2D eigenvalue weighted by atomic mass is 16.7. The van der Waals surface area contributed by atoms with Crippen molar-refractivity contribution >= 4 is 11.9 Å². The van der Waals surface area contributed by atoms with Crippen molar-refractivity contribution in [3.63, 3.8) is 0 Å². The summed E-state index contributed by atoms with van der Waals surface area (Å²) in [5, 5.41) is 20.2. The predicted octanol–water partition coefficient (Wildman–Crippen LogP) is 2.26. The Balaban J connectivity index is 2.12. The molecule has 2 aromatic carbocycles. The zero-order chi connectivity index (χ0) is 15.7. The number of aliphatic carboxylic acids is 1. The van der Waals surface area contributed by atoms with E-state index >= 15 is 0 Å². The van der Waals surface area contributed by atoms with Crippen LogP contribution < -0.4 is 0 Å². The fourth-order valence-corrected chi connectivity index (χ4v) is 2.83. The summed E-state index contributed by atoms with van der Waals surface area (Å²) in [6.45, 7) is 0. The predicted molar refractivity (Wildman–Crippen MR) is 77.2 cm³/mol. The number of aliphatic hydroxyl groups is 1. The molecule has 3 rings (SSSR count). The molecule has 0 fully saturated rings. The topological polar surface area (TPSA) is 83.8 Å². The van der Waals surface area contributed by atoms with Gasteiger partial charge in [0.15, 0.2) is 0 Å². The first-order valence-electron chi connectivity index (χ1n) is 6.84. The number of carboxylic acid groups (broad SMARTS) is 1. The summed E-state index contributed by atoms with van der Waals surface area (Å²) in [7, 11) is 0. The number of fused-ring (bicyclic) bond motifs is 1. The van der Waals surface area contributed by atoms with E-state index in [9.17, 15) is 19.8 Å². The van der Waals surface area contributed by atoms with Gasteiger partial charge in [-0.1, -0.05) is 48.5 Å². The largest absolute Gasteiger partial charge is 0.481 e. The summed E-state index contributed by atoms with van der Waals surface area (Å²) in [5.41, 5.74) is 1.16. The Morgan fingerprint density at radius 1 is 1.09 bits per heavy atom. The second-order valence-electron chi connectivity index (χ2n) is 5.19. The average molecular weight is 298 g/mol. The molecule has 2 N–H and O–H groups in total. The minimum Gasteiger partial charge on any atom is -0.481 e. The fourth-order valence-electron chi connectivity index (χ4n) is 2.83. The van der Waals surface area contributed by atoms with E-state index in [2.05, 4.69) is 0 Å². The summed E-state index contributed by atoms with van der Waals surface area (Å²) >= 11 is 0. The first kappa shape index (κ1) is 14.3. The summed E-state index contributed by atoms with van der Waals surface area (Å²) in [4.78, 5) is 23.2. The van der Waals surface area contributed by atoms with Gasteiger partial charge in [0.05, 0.1) is 17.9 Å². The minimum absolute atomic E-state index is 0.260. The number of hydrogen-bond donors (Lipinski definition) is 2. The van der Waals surface area contributed by atoms with E-state index in [0.29, 0.717) is 11.1 Å². The van der Waals surface area contributed by atoms with Gasteiger partial charge in [0.2, 0.25) is 5.79 Å². The number of rotatable bonds is 4. The quantitative estimate of drug-likeness (QED) is 0.846. The van der Waals surface area contributed by atoms with Gasteiger partial charge in [0.25, 0.3) is 0 Å². The normalized spacial score (nSPS) is 21.0. The zero-order valence-electron chi connectivity index (χ0n) is 11.6. The van der Waals surface area contributed by atoms with Gasteiger partial charge in [-0.3, -0.25) is 4.79 Å². The van der Waals surface area contributed by atoms with Gasteiger partial charge in [-0.15, -0.1) is 0 Å². The van der Waals surface area contributed by atoms with E-state index in [1.54, 1.807) is 54.6 Å². The van der Waals surface area contributed by atoms with Crippen LogP contribution in [0.3, 0.4) is 0 Å². The third kappa shape index (κ3) is 2.25. The summed E-state index contributed by atoms with van der Waals surface area (Å²) in [5.74, 6) is -4.60. The number of hydrogen-bond acceptors (Lipinski definition) is 4. The third-order valence-electron chi connectivity index (χ3n) is 3.83. The molecule has 0 saturated carbocycles. The third-order valence-corrected chi connectivity index (χ3v) is 3.83. The molecule has 1 aliphatic heterocycles. The van der Waals surface area contributed by atoms with Gasteiger partial charge in [0, 0.05) is 5.56 Å². The Morgan fingerprint density at radius 3 is 2.41 bits per heavy atom. The van der Waals surface area contributed by atoms with Crippen molar-refractivity contribution in [3.8, 4) is 0 Å². The molecule has 5 nitrogen and oxygen atoms in total. The van der Waals surface area contributed by atoms with E-state index in [1.807, 2.05) is 0 Å². The van der Waals surface area contributed by atoms with Crippen molar-refractivity contribution in [2.75, 3.05) is 0 Å². The lowest BCUT2D eigenvalue weighted by molar-refractivity contribution is -0.186. The Labute approximate surface area is 126 Å². The van der Waals surface area contributed by atoms with E-state index in [1.165, 1.54) is 0 Å². The van der Waals surface area contributed by atoms with Gasteiger partial charge < -0.3 is 14.9 Å². The zero-order valence-corrected chi connectivity index (χ0v) is 11.6. The lowest BCUT2D eigenvalue weighted by Crippen LogP contribution is -2.35. The molecule has 0 spiro atoms. The highest BCUT2D eigenvalue weighted by molar-refractivity contribution is 5.94. The molecule has 0 unspecified atom stereocenters. The molecular formula is C17H14O5. The summed E-state index contributed by atoms with van der Waals surface area (Å²) in [6, 6.07) is 15.2. The molecule has 0 saturated heterocycles. The molecule has 0 bridgehead atoms. The molecule has 2 aromatic rings. The highest BCUT2D eigenvalue weighted by Gasteiger charge is 2.51. The molecular weight excluding hydrogens is 284 g/mol. The lowest BCUT2D eigenvalue weighted by atomic mass is 9.83. The number of cyclic esters (lactones) is 1. The Morgan fingerprint density at radius 2 is 1.73 bits per heavy atom. The monoisotopic (exact) mass is 298 g/mol. The van der Waals surface area contributed by atoms with Gasteiger partial charge in [-0.2, -0.15) is 0 Å². The Bertz CT molecular complexity index is 725. The molecule has 0 radical (unpaired) electrons. The van der Waals surface area contributed by atoms with Crippen LogP contribution >= 0.6 is 0 Å². The van der Waals surface area contributed by atoms with Crippen molar-refractivity contribution in [2.45, 2.75) is 18.1 Å². The second-order valence-corrected chi connectivity index (χ2v) is 5.19. The maximum Gasteiger partial charge on any atom is 0.341 e. The molecule has 0 aliphatic carbocycles. The Kier molecular flexibility index (Phi) is 3.42. The van der Waals surface area contributed by atoms with Gasteiger partial charge in [-0.05, 0) is 11.6 Å². The minimum atomic E-state index is -1.98. The van der Waals surface area contributed by atoms with Crippen molar-refractivity contribution < 1.29 is 24.5 Å². The SMILES string of the molecule is O=C(O)C[C@H](c1ccccc1)[C@@]1(O)OC(=O)c2ccccc21. The number of esters is 1. The van der Waals surface area contributed by atoms with Crippen LogP contribution in [0.1, 0.15) is 33.8 Å². The van der Waals surface area contributed by atoms with Crippen LogP contribution in [-0.2, 0) is 15.3 Å². The van der Waals surface area contributed by atoms with E-state index in [4.69, 9.17) is 4.74 Å². The maximum atomic E-state index is 12.0. The van der Waals surface area contributed by atoms with Crippen molar-refractivity contribution in [2.24, 2.45) is 0 Å². The lowest BCUT2D eigenvalue weighted by Gasteiger charge is -2.31. The highest BCUT2D eigenvalue weighted by Crippen LogP contribution is 2.46. The Hall–Kier alpha value is -2.66. The first-order valence-corrected chi connectivity index (χ1v) is 6.84. The second kappa shape index (κ2) is 5.27. The molecule has 0 aromatic heterocycles. The van der Waals surface area contributed by atoms with E-state index in [-0.39, 0.29) is 12.0 Å². The first-order chi connectivity index (χ1) is 10.5. The van der Waals surface area contributed by atoms with Gasteiger partial charge >= 0.3 is 11.9 Å². The number of carbonyl (C=O) groups excluding carboxylic acids is 1. The van der Waals surface area contributed by atoms with Crippen LogP contribution in [0, 0.1) is 0 Å². The molecule has 5 heteroatoms. The van der Waals surface area contributed by atoms with E-state index in [0.717, 1.165) is 0 Å². The van der Waals surface area contributed by atoms with Crippen LogP contribution in [0.4, 0.5) is 0 Å². The molecule has 22 heavy (non-hydrogen) atoms. The smallest absolute Gasteiger partial charge is 0.341 e. The van der Waals surface area contributed by atoms with Crippen molar-refractivity contribution in [3.05, 3.63) is 71.3 Å². The molecule has 0 amide bonds.